The predicted molar refractivity (Wildman–Crippen MR) is 110 cm³/mol. The van der Waals surface area contributed by atoms with E-state index in [0.29, 0.717) is 0 Å². The average molecular weight is 429 g/mol. The molecule has 8 heteroatoms. The van der Waals surface area contributed by atoms with Crippen LogP contribution in [0.2, 0.25) is 0 Å². The number of piperidine rings is 1. The standard InChI is InChI=1S/C20H32N2O4S2/c1-16-8-7-9-17(2)22(16)28(25,26)20-14-12-19(13-15-20)27(23,24)21(3)18-10-5-4-6-11-18/h12-18H,4-11H2,1-3H3/t16-,17-/m1/s1. The fraction of sp³-hybridized carbons (Fsp3) is 0.700. The van der Waals surface area contributed by atoms with E-state index in [1.54, 1.807) is 11.4 Å². The van der Waals surface area contributed by atoms with Crippen LogP contribution in [-0.4, -0.2) is 50.6 Å². The minimum Gasteiger partial charge on any atom is -0.207 e. The molecule has 158 valence electrons. The molecule has 0 amide bonds. The zero-order valence-electron chi connectivity index (χ0n) is 17.0. The molecule has 3 rings (SSSR count). The molecule has 0 aromatic heterocycles. The van der Waals surface area contributed by atoms with Gasteiger partial charge >= 0.3 is 0 Å². The molecule has 0 radical (unpaired) electrons. The van der Waals surface area contributed by atoms with E-state index in [1.165, 1.54) is 28.6 Å². The first kappa shape index (κ1) is 21.7. The van der Waals surface area contributed by atoms with Gasteiger partial charge in [-0.25, -0.2) is 16.8 Å². The van der Waals surface area contributed by atoms with Gasteiger partial charge in [-0.2, -0.15) is 8.61 Å². The second kappa shape index (κ2) is 8.42. The van der Waals surface area contributed by atoms with Gasteiger partial charge < -0.3 is 0 Å². The maximum Gasteiger partial charge on any atom is 0.243 e. The summed E-state index contributed by atoms with van der Waals surface area (Å²) in [5.41, 5.74) is 0. The van der Waals surface area contributed by atoms with E-state index in [4.69, 9.17) is 0 Å². The van der Waals surface area contributed by atoms with E-state index >= 15 is 0 Å². The molecule has 1 aliphatic heterocycles. The minimum atomic E-state index is -3.64. The second-order valence-corrected chi connectivity index (χ2v) is 12.1. The molecule has 0 spiro atoms. The SMILES string of the molecule is C[C@@H]1CCC[C@@H](C)N1S(=O)(=O)c1ccc(S(=O)(=O)N(C)C2CCCCC2)cc1. The Balaban J connectivity index is 1.84. The molecule has 0 bridgehead atoms. The van der Waals surface area contributed by atoms with Crippen molar-refractivity contribution in [2.45, 2.75) is 93.1 Å². The first-order valence-corrected chi connectivity index (χ1v) is 13.2. The summed E-state index contributed by atoms with van der Waals surface area (Å²) in [5, 5.41) is 0. The molecule has 6 nitrogen and oxygen atoms in total. The lowest BCUT2D eigenvalue weighted by Gasteiger charge is -2.37. The van der Waals surface area contributed by atoms with Crippen molar-refractivity contribution < 1.29 is 16.8 Å². The zero-order valence-corrected chi connectivity index (χ0v) is 18.7. The summed E-state index contributed by atoms with van der Waals surface area (Å²) < 4.78 is 55.2. The number of rotatable bonds is 5. The van der Waals surface area contributed by atoms with Crippen LogP contribution in [0, 0.1) is 0 Å². The topological polar surface area (TPSA) is 74.8 Å². The van der Waals surface area contributed by atoms with Crippen molar-refractivity contribution in [1.82, 2.24) is 8.61 Å². The highest BCUT2D eigenvalue weighted by Crippen LogP contribution is 2.31. The number of sulfonamides is 2. The molecular formula is C20H32N2O4S2. The Labute approximate surface area is 170 Å². The van der Waals surface area contributed by atoms with Gasteiger partial charge in [-0.05, 0) is 63.8 Å². The lowest BCUT2D eigenvalue weighted by Crippen LogP contribution is -2.47. The van der Waals surface area contributed by atoms with E-state index in [9.17, 15) is 16.8 Å². The smallest absolute Gasteiger partial charge is 0.207 e. The molecule has 1 heterocycles. The Morgan fingerprint density at radius 1 is 0.786 bits per heavy atom. The Morgan fingerprint density at radius 3 is 1.82 bits per heavy atom. The lowest BCUT2D eigenvalue weighted by molar-refractivity contribution is 0.204. The van der Waals surface area contributed by atoms with Crippen LogP contribution in [0.1, 0.15) is 65.2 Å². The third kappa shape index (κ3) is 4.15. The van der Waals surface area contributed by atoms with Crippen molar-refractivity contribution in [3.8, 4) is 0 Å². The van der Waals surface area contributed by atoms with Gasteiger partial charge in [0.25, 0.3) is 0 Å². The summed E-state index contributed by atoms with van der Waals surface area (Å²) >= 11 is 0. The molecule has 1 saturated carbocycles. The third-order valence-corrected chi connectivity index (χ3v) is 10.3. The molecule has 2 fully saturated rings. The second-order valence-electron chi connectivity index (χ2n) is 8.25. The molecule has 2 aliphatic rings. The van der Waals surface area contributed by atoms with Crippen molar-refractivity contribution in [2.24, 2.45) is 0 Å². The van der Waals surface area contributed by atoms with Gasteiger partial charge in [0.2, 0.25) is 20.0 Å². The van der Waals surface area contributed by atoms with E-state index in [1.807, 2.05) is 13.8 Å². The highest BCUT2D eigenvalue weighted by Gasteiger charge is 2.36. The highest BCUT2D eigenvalue weighted by molar-refractivity contribution is 7.89. The monoisotopic (exact) mass is 428 g/mol. The number of hydrogen-bond acceptors (Lipinski definition) is 4. The van der Waals surface area contributed by atoms with E-state index < -0.39 is 20.0 Å². The molecule has 1 aliphatic carbocycles. The van der Waals surface area contributed by atoms with Crippen LogP contribution >= 0.6 is 0 Å². The number of nitrogens with zero attached hydrogens (tertiary/aromatic N) is 2. The fourth-order valence-electron chi connectivity index (χ4n) is 4.58. The van der Waals surface area contributed by atoms with Crippen LogP contribution < -0.4 is 0 Å². The first-order chi connectivity index (χ1) is 13.2. The van der Waals surface area contributed by atoms with Crippen LogP contribution in [0.4, 0.5) is 0 Å². The summed E-state index contributed by atoms with van der Waals surface area (Å²) in [6, 6.07) is 5.67. The van der Waals surface area contributed by atoms with Gasteiger partial charge in [0.05, 0.1) is 9.79 Å². The lowest BCUT2D eigenvalue weighted by atomic mass is 9.96. The van der Waals surface area contributed by atoms with Crippen LogP contribution in [0.25, 0.3) is 0 Å². The van der Waals surface area contributed by atoms with Crippen LogP contribution in [0.5, 0.6) is 0 Å². The average Bonchev–Trinajstić information content (AvgIpc) is 2.68. The Bertz CT molecular complexity index is 865. The van der Waals surface area contributed by atoms with Crippen molar-refractivity contribution in [3.05, 3.63) is 24.3 Å². The zero-order chi connectivity index (χ0) is 20.5. The van der Waals surface area contributed by atoms with Gasteiger partial charge in [-0.1, -0.05) is 25.7 Å². The molecule has 1 aromatic carbocycles. The van der Waals surface area contributed by atoms with Crippen LogP contribution in [0.3, 0.4) is 0 Å². The third-order valence-electron chi connectivity index (χ3n) is 6.28. The van der Waals surface area contributed by atoms with E-state index in [0.717, 1.165) is 51.4 Å². The van der Waals surface area contributed by atoms with Crippen molar-refractivity contribution in [2.75, 3.05) is 7.05 Å². The van der Waals surface area contributed by atoms with Gasteiger partial charge in [-0.15, -0.1) is 0 Å². The summed E-state index contributed by atoms with van der Waals surface area (Å²) in [6.07, 6.45) is 7.75. The largest absolute Gasteiger partial charge is 0.243 e. The normalized spacial score (nSPS) is 25.9. The maximum absolute atomic E-state index is 13.1. The molecule has 28 heavy (non-hydrogen) atoms. The van der Waals surface area contributed by atoms with E-state index in [-0.39, 0.29) is 27.9 Å². The van der Waals surface area contributed by atoms with Crippen molar-refractivity contribution >= 4 is 20.0 Å². The molecule has 0 unspecified atom stereocenters. The van der Waals surface area contributed by atoms with Crippen LogP contribution in [-0.2, 0) is 20.0 Å². The predicted octanol–water partition coefficient (Wildman–Crippen LogP) is 3.59. The minimum absolute atomic E-state index is 0.0252. The number of hydrogen-bond donors (Lipinski definition) is 0. The quantitative estimate of drug-likeness (QED) is 0.718. The Morgan fingerprint density at radius 2 is 1.29 bits per heavy atom. The van der Waals surface area contributed by atoms with E-state index in [2.05, 4.69) is 0 Å². The van der Waals surface area contributed by atoms with Crippen molar-refractivity contribution in [3.63, 3.8) is 0 Å². The summed E-state index contributed by atoms with van der Waals surface area (Å²) in [4.78, 5) is 0.312. The van der Waals surface area contributed by atoms with Gasteiger partial charge in [0, 0.05) is 25.2 Å². The van der Waals surface area contributed by atoms with Gasteiger partial charge in [0.15, 0.2) is 0 Å². The Kier molecular flexibility index (Phi) is 6.54. The van der Waals surface area contributed by atoms with Crippen LogP contribution in [0.15, 0.2) is 34.1 Å². The molecular weight excluding hydrogens is 396 g/mol. The summed E-state index contributed by atoms with van der Waals surface area (Å²) in [5.74, 6) is 0. The molecule has 1 aromatic rings. The molecule has 0 N–H and O–H groups in total. The first-order valence-electron chi connectivity index (χ1n) is 10.3. The molecule has 2 atom stereocenters. The van der Waals surface area contributed by atoms with Gasteiger partial charge in [0.1, 0.15) is 0 Å². The number of benzene rings is 1. The highest BCUT2D eigenvalue weighted by atomic mass is 32.2. The van der Waals surface area contributed by atoms with Gasteiger partial charge in [-0.3, -0.25) is 0 Å². The summed E-state index contributed by atoms with van der Waals surface area (Å²) in [7, 11) is -5.63. The molecule has 1 saturated heterocycles. The maximum atomic E-state index is 13.1. The summed E-state index contributed by atoms with van der Waals surface area (Å²) in [6.45, 7) is 3.87. The Hall–Kier alpha value is -0.960. The fourth-order valence-corrected chi connectivity index (χ4v) is 7.88. The van der Waals surface area contributed by atoms with Crippen molar-refractivity contribution in [1.29, 1.82) is 0 Å².